The third kappa shape index (κ3) is 4.00. The summed E-state index contributed by atoms with van der Waals surface area (Å²) >= 11 is -1.81. The van der Waals surface area contributed by atoms with Crippen molar-refractivity contribution in [2.24, 2.45) is 11.3 Å². The summed E-state index contributed by atoms with van der Waals surface area (Å²) in [6.07, 6.45) is 6.45. The van der Waals surface area contributed by atoms with E-state index in [1.54, 1.807) is 0 Å². The van der Waals surface area contributed by atoms with Crippen LogP contribution in [-0.2, 0) is 28.9 Å². The van der Waals surface area contributed by atoms with Crippen LogP contribution in [0.5, 0.6) is 0 Å². The molecule has 6 aliphatic rings. The standard InChI is InChI=1S/C25H42O5SSi/c1-8-32(9-2,10-3)30-23-21-20-19-16-18(5)24(6,22(20)29-31(26)28-21)15-13-17(4)12-11-14-25(23,7)27-19/h12,18-19,21,23H,8-11,13-16H2,1-7H3/b17-12+/t18-,19-,21?,23-,24+,25+,31?/m1/s1. The van der Waals surface area contributed by atoms with E-state index in [-0.39, 0.29) is 23.7 Å². The van der Waals surface area contributed by atoms with Gasteiger partial charge in [0.1, 0.15) is 18.0 Å². The summed E-state index contributed by atoms with van der Waals surface area (Å²) in [6, 6.07) is 3.17. The van der Waals surface area contributed by atoms with Gasteiger partial charge in [-0.05, 0) is 70.0 Å². The molecule has 1 fully saturated rings. The Kier molecular flexibility index (Phi) is 6.89. The molecule has 0 aromatic heterocycles. The molecule has 4 heterocycles. The van der Waals surface area contributed by atoms with E-state index >= 15 is 0 Å². The molecule has 182 valence electrons. The van der Waals surface area contributed by atoms with E-state index in [1.807, 2.05) is 0 Å². The van der Waals surface area contributed by atoms with Gasteiger partial charge in [0.25, 0.3) is 0 Å². The molecule has 0 aromatic rings. The predicted molar refractivity (Wildman–Crippen MR) is 131 cm³/mol. The van der Waals surface area contributed by atoms with Gasteiger partial charge in [-0.15, -0.1) is 0 Å². The average molecular weight is 483 g/mol. The van der Waals surface area contributed by atoms with Gasteiger partial charge in [0.05, 0.1) is 11.7 Å². The zero-order valence-corrected chi connectivity index (χ0v) is 22.8. The van der Waals surface area contributed by atoms with Gasteiger partial charge < -0.3 is 13.3 Å². The Balaban J connectivity index is 1.89. The number of rotatable bonds is 5. The van der Waals surface area contributed by atoms with Crippen molar-refractivity contribution >= 4 is 19.7 Å². The summed E-state index contributed by atoms with van der Waals surface area (Å²) < 4.78 is 39.1. The van der Waals surface area contributed by atoms with Gasteiger partial charge in [-0.3, -0.25) is 0 Å². The molecule has 6 bridgehead atoms. The van der Waals surface area contributed by atoms with Crippen LogP contribution < -0.4 is 0 Å². The number of allylic oxidation sites excluding steroid dienone is 3. The predicted octanol–water partition coefficient (Wildman–Crippen LogP) is 6.35. The summed E-state index contributed by atoms with van der Waals surface area (Å²) in [4.78, 5) is 0. The maximum Gasteiger partial charge on any atom is 0.360 e. The second-order valence-corrected chi connectivity index (χ2v) is 16.4. The molecule has 2 aliphatic carbocycles. The third-order valence-electron chi connectivity index (χ3n) is 9.19. The Bertz CT molecular complexity index is 813. The molecular formula is C25H42O5SSi. The molecular weight excluding hydrogens is 440 g/mol. The Morgan fingerprint density at radius 3 is 2.53 bits per heavy atom. The van der Waals surface area contributed by atoms with Gasteiger partial charge in [0.2, 0.25) is 0 Å². The third-order valence-corrected chi connectivity index (χ3v) is 14.5. The zero-order chi connectivity index (χ0) is 23.3. The van der Waals surface area contributed by atoms with E-state index < -0.39 is 25.3 Å². The Labute approximate surface area is 198 Å². The van der Waals surface area contributed by atoms with Gasteiger partial charge >= 0.3 is 11.4 Å². The minimum atomic E-state index is -1.96. The highest BCUT2D eigenvalue weighted by Gasteiger charge is 2.60. The number of hydrogen-bond donors (Lipinski definition) is 0. The summed E-state index contributed by atoms with van der Waals surface area (Å²) in [5.41, 5.74) is 1.80. The monoisotopic (exact) mass is 482 g/mol. The molecule has 0 radical (unpaired) electrons. The van der Waals surface area contributed by atoms with Crippen LogP contribution in [0.4, 0.5) is 0 Å². The maximum absolute atomic E-state index is 12.9. The minimum Gasteiger partial charge on any atom is -0.408 e. The van der Waals surface area contributed by atoms with Gasteiger partial charge in [-0.25, -0.2) is 4.18 Å². The lowest BCUT2D eigenvalue weighted by atomic mass is 9.62. The van der Waals surface area contributed by atoms with Crippen molar-refractivity contribution in [2.45, 2.75) is 123 Å². The van der Waals surface area contributed by atoms with Crippen molar-refractivity contribution in [1.82, 2.24) is 0 Å². The molecule has 1 saturated heterocycles. The van der Waals surface area contributed by atoms with Crippen molar-refractivity contribution in [1.29, 1.82) is 0 Å². The smallest absolute Gasteiger partial charge is 0.360 e. The number of hydrogen-bond acceptors (Lipinski definition) is 5. The summed E-state index contributed by atoms with van der Waals surface area (Å²) in [5, 5.41) is 0. The average Bonchev–Trinajstić information content (AvgIpc) is 2.75. The van der Waals surface area contributed by atoms with E-state index in [0.29, 0.717) is 5.92 Å². The Morgan fingerprint density at radius 2 is 1.88 bits per heavy atom. The highest BCUT2D eigenvalue weighted by Crippen LogP contribution is 2.56. The lowest BCUT2D eigenvalue weighted by Gasteiger charge is -2.57. The lowest BCUT2D eigenvalue weighted by molar-refractivity contribution is -0.201. The van der Waals surface area contributed by atoms with Crippen LogP contribution in [0.2, 0.25) is 18.1 Å². The molecule has 0 amide bonds. The molecule has 2 unspecified atom stereocenters. The maximum atomic E-state index is 12.9. The molecule has 0 N–H and O–H groups in total. The van der Waals surface area contributed by atoms with Crippen LogP contribution in [-0.4, -0.2) is 36.4 Å². The molecule has 5 nitrogen and oxygen atoms in total. The van der Waals surface area contributed by atoms with Crippen LogP contribution in [0.3, 0.4) is 0 Å². The van der Waals surface area contributed by atoms with Crippen molar-refractivity contribution in [2.75, 3.05) is 0 Å². The van der Waals surface area contributed by atoms with Crippen molar-refractivity contribution < 1.29 is 21.7 Å². The SMILES string of the molecule is CC[Si](CC)(CC)O[C@@H]1C2OS(=O)OC3=C2[C@H]2C[C@@H](C)[C@]3(C)CC/C(C)=C/CC[C@]1(C)O2. The highest BCUT2D eigenvalue weighted by molar-refractivity contribution is 7.75. The topological polar surface area (TPSA) is 54.0 Å². The first kappa shape index (κ1) is 24.6. The number of ether oxygens (including phenoxy) is 1. The highest BCUT2D eigenvalue weighted by atomic mass is 32.2. The Hall–Kier alpha value is -0.473. The van der Waals surface area contributed by atoms with Crippen molar-refractivity contribution in [3.8, 4) is 0 Å². The van der Waals surface area contributed by atoms with Crippen LogP contribution in [0.1, 0.15) is 80.6 Å². The first-order valence-electron chi connectivity index (χ1n) is 12.6. The van der Waals surface area contributed by atoms with Gasteiger partial charge in [-0.1, -0.05) is 46.3 Å². The van der Waals surface area contributed by atoms with Crippen LogP contribution in [0, 0.1) is 11.3 Å². The molecule has 0 aromatic carbocycles. The van der Waals surface area contributed by atoms with Crippen LogP contribution in [0.15, 0.2) is 23.0 Å². The van der Waals surface area contributed by atoms with E-state index in [4.69, 9.17) is 17.5 Å². The molecule has 7 heteroatoms. The first-order valence-corrected chi connectivity index (χ1v) is 16.2. The fourth-order valence-electron chi connectivity index (χ4n) is 6.31. The molecule has 32 heavy (non-hydrogen) atoms. The van der Waals surface area contributed by atoms with E-state index in [9.17, 15) is 4.21 Å². The zero-order valence-electron chi connectivity index (χ0n) is 21.0. The second-order valence-electron chi connectivity index (χ2n) is 10.9. The lowest BCUT2D eigenvalue weighted by Crippen LogP contribution is -2.65. The fraction of sp³-hybridized carbons (Fsp3) is 0.840. The molecule has 0 spiro atoms. The van der Waals surface area contributed by atoms with E-state index in [2.05, 4.69) is 54.5 Å². The van der Waals surface area contributed by atoms with Crippen molar-refractivity contribution in [3.05, 3.63) is 23.0 Å². The number of fused-ring (bicyclic) bond motifs is 1. The van der Waals surface area contributed by atoms with Gasteiger partial charge in [0.15, 0.2) is 8.32 Å². The van der Waals surface area contributed by atoms with Gasteiger partial charge in [0, 0.05) is 11.0 Å². The van der Waals surface area contributed by atoms with E-state index in [0.717, 1.165) is 61.6 Å². The first-order chi connectivity index (χ1) is 15.1. The van der Waals surface area contributed by atoms with E-state index in [1.165, 1.54) is 5.57 Å². The quantitative estimate of drug-likeness (QED) is 0.338. The largest absolute Gasteiger partial charge is 0.408 e. The molecule has 6 rings (SSSR count). The molecule has 4 aliphatic heterocycles. The summed E-state index contributed by atoms with van der Waals surface area (Å²) in [5.74, 6) is 1.22. The Morgan fingerprint density at radius 1 is 1.19 bits per heavy atom. The normalized spacial score (nSPS) is 43.8. The minimum absolute atomic E-state index is 0.0642. The second kappa shape index (κ2) is 8.95. The summed E-state index contributed by atoms with van der Waals surface area (Å²) in [7, 11) is -1.96. The fourth-order valence-corrected chi connectivity index (χ4v) is 10.1. The van der Waals surface area contributed by atoms with Crippen molar-refractivity contribution in [3.63, 3.8) is 0 Å². The van der Waals surface area contributed by atoms with Gasteiger partial charge in [-0.2, -0.15) is 4.21 Å². The summed E-state index contributed by atoms with van der Waals surface area (Å²) in [6.45, 7) is 15.7. The molecule has 7 atom stereocenters. The van der Waals surface area contributed by atoms with Crippen LogP contribution >= 0.6 is 0 Å². The van der Waals surface area contributed by atoms with Crippen LogP contribution in [0.25, 0.3) is 0 Å². The molecule has 0 saturated carbocycles.